The summed E-state index contributed by atoms with van der Waals surface area (Å²) in [6.07, 6.45) is 7.17. The predicted molar refractivity (Wildman–Crippen MR) is 99.6 cm³/mol. The lowest BCUT2D eigenvalue weighted by molar-refractivity contribution is 0.274. The second kappa shape index (κ2) is 7.81. The summed E-state index contributed by atoms with van der Waals surface area (Å²) in [5, 5.41) is 3.33. The van der Waals surface area contributed by atoms with Crippen molar-refractivity contribution in [3.63, 3.8) is 0 Å². The van der Waals surface area contributed by atoms with Crippen molar-refractivity contribution in [1.82, 2.24) is 10.2 Å². The maximum Gasteiger partial charge on any atom is 0.194 e. The highest BCUT2D eigenvalue weighted by molar-refractivity contribution is 7.92. The van der Waals surface area contributed by atoms with E-state index in [9.17, 15) is 8.42 Å². The van der Waals surface area contributed by atoms with E-state index in [0.29, 0.717) is 19.6 Å². The summed E-state index contributed by atoms with van der Waals surface area (Å²) in [4.78, 5) is 6.87. The van der Waals surface area contributed by atoms with Crippen LogP contribution in [0.15, 0.2) is 27.8 Å². The van der Waals surface area contributed by atoms with E-state index in [4.69, 9.17) is 9.41 Å². The second-order valence-electron chi connectivity index (χ2n) is 7.05. The van der Waals surface area contributed by atoms with Gasteiger partial charge in [0.15, 0.2) is 15.8 Å². The van der Waals surface area contributed by atoms with Gasteiger partial charge in [0.05, 0.1) is 16.8 Å². The number of sulfone groups is 1. The van der Waals surface area contributed by atoms with Crippen LogP contribution in [0, 0.1) is 0 Å². The van der Waals surface area contributed by atoms with E-state index in [1.165, 1.54) is 0 Å². The summed E-state index contributed by atoms with van der Waals surface area (Å²) >= 11 is 0. The number of furan rings is 1. The Hall–Kier alpha value is -1.50. The Morgan fingerprint density at radius 3 is 2.84 bits per heavy atom. The van der Waals surface area contributed by atoms with Crippen LogP contribution in [0.2, 0.25) is 0 Å². The second-order valence-corrected chi connectivity index (χ2v) is 9.55. The normalized spacial score (nSPS) is 22.9. The van der Waals surface area contributed by atoms with Gasteiger partial charge in [0, 0.05) is 32.6 Å². The van der Waals surface area contributed by atoms with Crippen LogP contribution in [0.1, 0.15) is 44.8 Å². The Balaban J connectivity index is 1.72. The lowest BCUT2D eigenvalue weighted by Gasteiger charge is -2.45. The molecule has 0 amide bonds. The van der Waals surface area contributed by atoms with Crippen LogP contribution in [-0.4, -0.2) is 56.0 Å². The van der Waals surface area contributed by atoms with Crippen LogP contribution in [0.3, 0.4) is 0 Å². The number of aliphatic imine (C=N–C) groups is 1. The molecule has 0 unspecified atom stereocenters. The summed E-state index contributed by atoms with van der Waals surface area (Å²) in [7, 11) is -3.02. The first-order valence-electron chi connectivity index (χ1n) is 9.34. The van der Waals surface area contributed by atoms with E-state index in [-0.39, 0.29) is 5.75 Å². The van der Waals surface area contributed by atoms with E-state index in [1.54, 1.807) is 6.26 Å². The first-order chi connectivity index (χ1) is 12.1. The first kappa shape index (κ1) is 18.3. The Bertz CT molecular complexity index is 676. The molecule has 2 heterocycles. The molecule has 2 fully saturated rings. The molecule has 140 valence electrons. The number of nitrogens with one attached hydrogen (secondary N) is 1. The Morgan fingerprint density at radius 1 is 1.36 bits per heavy atom. The van der Waals surface area contributed by atoms with Crippen molar-refractivity contribution in [2.24, 2.45) is 4.99 Å². The van der Waals surface area contributed by atoms with Gasteiger partial charge in [-0.15, -0.1) is 0 Å². The minimum absolute atomic E-state index is 0.232. The highest BCUT2D eigenvalue weighted by Gasteiger charge is 2.48. The molecule has 1 aliphatic heterocycles. The largest absolute Gasteiger partial charge is 0.469 e. The molecule has 1 saturated heterocycles. The maximum atomic E-state index is 12.8. The molecule has 1 saturated carbocycles. The highest BCUT2D eigenvalue weighted by Crippen LogP contribution is 2.38. The number of hydrogen-bond acceptors (Lipinski definition) is 4. The highest BCUT2D eigenvalue weighted by atomic mass is 32.2. The maximum absolute atomic E-state index is 12.8. The number of guanidine groups is 1. The molecule has 0 atom stereocenters. The van der Waals surface area contributed by atoms with Crippen LogP contribution < -0.4 is 5.32 Å². The van der Waals surface area contributed by atoms with E-state index < -0.39 is 14.6 Å². The Morgan fingerprint density at radius 2 is 2.16 bits per heavy atom. The lowest BCUT2D eigenvalue weighted by Crippen LogP contribution is -2.60. The van der Waals surface area contributed by atoms with Crippen molar-refractivity contribution in [2.45, 2.75) is 50.2 Å². The minimum atomic E-state index is -3.02. The molecule has 1 N–H and O–H groups in total. The molecule has 1 aromatic rings. The smallest absolute Gasteiger partial charge is 0.194 e. The topological polar surface area (TPSA) is 74.9 Å². The van der Waals surface area contributed by atoms with Gasteiger partial charge in [0.2, 0.25) is 0 Å². The molecule has 6 nitrogen and oxygen atoms in total. The van der Waals surface area contributed by atoms with Crippen LogP contribution in [0.25, 0.3) is 0 Å². The summed E-state index contributed by atoms with van der Waals surface area (Å²) in [5.74, 6) is 1.98. The zero-order valence-electron chi connectivity index (χ0n) is 15.0. The standard InChI is InChI=1S/C18H29N3O3S/c1-2-19-17(20-11-8-16-7-6-13-24-16)21-12-14-25(22,23)18(15-21)9-4-3-5-10-18/h6-7,13H,2-5,8-12,14-15H2,1H3,(H,19,20). The van der Waals surface area contributed by atoms with E-state index in [0.717, 1.165) is 56.8 Å². The first-order valence-corrected chi connectivity index (χ1v) is 11.0. The molecular weight excluding hydrogens is 338 g/mol. The minimum Gasteiger partial charge on any atom is -0.469 e. The van der Waals surface area contributed by atoms with Gasteiger partial charge in [-0.2, -0.15) is 0 Å². The molecule has 1 aliphatic carbocycles. The molecule has 0 bridgehead atoms. The monoisotopic (exact) mass is 367 g/mol. The molecule has 0 aromatic carbocycles. The predicted octanol–water partition coefficient (Wildman–Crippen LogP) is 2.22. The molecule has 1 aromatic heterocycles. The molecule has 7 heteroatoms. The van der Waals surface area contributed by atoms with E-state index in [1.807, 2.05) is 19.1 Å². The lowest BCUT2D eigenvalue weighted by atomic mass is 9.87. The van der Waals surface area contributed by atoms with Gasteiger partial charge in [-0.3, -0.25) is 4.99 Å². The Labute approximate surface area is 150 Å². The quantitative estimate of drug-likeness (QED) is 0.652. The van der Waals surface area contributed by atoms with Crippen molar-refractivity contribution < 1.29 is 12.8 Å². The van der Waals surface area contributed by atoms with E-state index in [2.05, 4.69) is 10.2 Å². The van der Waals surface area contributed by atoms with E-state index >= 15 is 0 Å². The molecule has 1 spiro atoms. The number of hydrogen-bond donors (Lipinski definition) is 1. The van der Waals surface area contributed by atoms with Gasteiger partial charge in [0.1, 0.15) is 5.76 Å². The van der Waals surface area contributed by atoms with Gasteiger partial charge in [-0.1, -0.05) is 19.3 Å². The molecule has 2 aliphatic rings. The molecular formula is C18H29N3O3S. The van der Waals surface area contributed by atoms with Gasteiger partial charge in [-0.25, -0.2) is 8.42 Å². The van der Waals surface area contributed by atoms with Crippen molar-refractivity contribution in [3.05, 3.63) is 24.2 Å². The fraction of sp³-hybridized carbons (Fsp3) is 0.722. The van der Waals surface area contributed by atoms with Gasteiger partial charge in [0.25, 0.3) is 0 Å². The van der Waals surface area contributed by atoms with Crippen LogP contribution >= 0.6 is 0 Å². The van der Waals surface area contributed by atoms with Crippen LogP contribution in [-0.2, 0) is 16.3 Å². The average Bonchev–Trinajstić information content (AvgIpc) is 3.11. The fourth-order valence-electron chi connectivity index (χ4n) is 3.97. The number of rotatable bonds is 4. The van der Waals surface area contributed by atoms with Crippen molar-refractivity contribution in [3.8, 4) is 0 Å². The Kier molecular flexibility index (Phi) is 5.71. The third kappa shape index (κ3) is 4.02. The third-order valence-electron chi connectivity index (χ3n) is 5.37. The van der Waals surface area contributed by atoms with Gasteiger partial charge < -0.3 is 14.6 Å². The SMILES string of the molecule is CCNC(=NCCc1ccco1)N1CCS(=O)(=O)C2(CCCCC2)C1. The van der Waals surface area contributed by atoms with Gasteiger partial charge in [-0.05, 0) is 31.9 Å². The van der Waals surface area contributed by atoms with Crippen molar-refractivity contribution >= 4 is 15.8 Å². The fourth-order valence-corrected chi connectivity index (χ4v) is 6.13. The van der Waals surface area contributed by atoms with Gasteiger partial charge >= 0.3 is 0 Å². The summed E-state index contributed by atoms with van der Waals surface area (Å²) in [6.45, 7) is 4.54. The average molecular weight is 368 g/mol. The van der Waals surface area contributed by atoms with Crippen LogP contribution in [0.5, 0.6) is 0 Å². The molecule has 25 heavy (non-hydrogen) atoms. The van der Waals surface area contributed by atoms with Crippen LogP contribution in [0.4, 0.5) is 0 Å². The zero-order chi connectivity index (χ0) is 17.8. The summed E-state index contributed by atoms with van der Waals surface area (Å²) in [5.41, 5.74) is 0. The van der Waals surface area contributed by atoms with Crippen molar-refractivity contribution in [2.75, 3.05) is 31.9 Å². The van der Waals surface area contributed by atoms with Crippen molar-refractivity contribution in [1.29, 1.82) is 0 Å². The summed E-state index contributed by atoms with van der Waals surface area (Å²) in [6, 6.07) is 3.83. The number of nitrogens with zero attached hydrogens (tertiary/aromatic N) is 2. The third-order valence-corrected chi connectivity index (χ3v) is 7.94. The zero-order valence-corrected chi connectivity index (χ0v) is 15.9. The summed E-state index contributed by atoms with van der Waals surface area (Å²) < 4.78 is 30.3. The molecule has 0 radical (unpaired) electrons. The molecule has 3 rings (SSSR count).